The van der Waals surface area contributed by atoms with Crippen molar-refractivity contribution in [3.8, 4) is 5.69 Å². The maximum atomic E-state index is 12.6. The number of halogens is 4. The maximum absolute atomic E-state index is 12.6. The van der Waals surface area contributed by atoms with Gasteiger partial charge in [-0.05, 0) is 28.6 Å². The van der Waals surface area contributed by atoms with Crippen molar-refractivity contribution in [1.82, 2.24) is 20.2 Å². The zero-order chi connectivity index (χ0) is 12.6. The number of tetrazole rings is 1. The van der Waals surface area contributed by atoms with Gasteiger partial charge in [0, 0.05) is 0 Å². The van der Waals surface area contributed by atoms with Gasteiger partial charge in [-0.3, -0.25) is 0 Å². The van der Waals surface area contributed by atoms with Crippen LogP contribution in [0.3, 0.4) is 0 Å². The molecular formula is C8H4ClF3N4O. The molecule has 0 aliphatic rings. The van der Waals surface area contributed by atoms with E-state index in [0.717, 1.165) is 12.1 Å². The zero-order valence-electron chi connectivity index (χ0n) is 7.99. The molecule has 0 radical (unpaired) electrons. The van der Waals surface area contributed by atoms with Crippen molar-refractivity contribution in [3.63, 3.8) is 0 Å². The van der Waals surface area contributed by atoms with Crippen molar-refractivity contribution in [2.75, 3.05) is 0 Å². The molecule has 0 amide bonds. The molecule has 5 nitrogen and oxygen atoms in total. The van der Waals surface area contributed by atoms with Crippen LogP contribution < -0.4 is 5.69 Å². The quantitative estimate of drug-likeness (QED) is 0.851. The van der Waals surface area contributed by atoms with Gasteiger partial charge in [0.1, 0.15) is 0 Å². The van der Waals surface area contributed by atoms with Crippen LogP contribution in [0.15, 0.2) is 23.0 Å². The van der Waals surface area contributed by atoms with Crippen molar-refractivity contribution in [2.24, 2.45) is 0 Å². The second-order valence-corrected chi connectivity index (χ2v) is 3.49. The van der Waals surface area contributed by atoms with Crippen LogP contribution in [0.5, 0.6) is 0 Å². The van der Waals surface area contributed by atoms with Crippen molar-refractivity contribution in [2.45, 2.75) is 6.18 Å². The number of rotatable bonds is 1. The number of H-pyrrole nitrogens is 1. The van der Waals surface area contributed by atoms with E-state index in [2.05, 4.69) is 10.4 Å². The highest BCUT2D eigenvalue weighted by Gasteiger charge is 2.33. The van der Waals surface area contributed by atoms with Gasteiger partial charge >= 0.3 is 11.9 Å². The molecule has 90 valence electrons. The summed E-state index contributed by atoms with van der Waals surface area (Å²) in [6.45, 7) is 0. The van der Waals surface area contributed by atoms with Crippen LogP contribution in [0.25, 0.3) is 5.69 Å². The van der Waals surface area contributed by atoms with Crippen molar-refractivity contribution >= 4 is 11.6 Å². The Balaban J connectivity index is 2.60. The van der Waals surface area contributed by atoms with Crippen LogP contribution in [-0.2, 0) is 6.18 Å². The summed E-state index contributed by atoms with van der Waals surface area (Å²) in [5.41, 5.74) is -1.84. The summed E-state index contributed by atoms with van der Waals surface area (Å²) in [5.74, 6) is 0. The van der Waals surface area contributed by atoms with Gasteiger partial charge in [0.15, 0.2) is 0 Å². The third-order valence-corrected chi connectivity index (χ3v) is 2.30. The fraction of sp³-hybridized carbons (Fsp3) is 0.125. The lowest BCUT2D eigenvalue weighted by Crippen LogP contribution is -2.17. The summed E-state index contributed by atoms with van der Waals surface area (Å²) in [5, 5.41) is 8.03. The van der Waals surface area contributed by atoms with E-state index in [4.69, 9.17) is 11.6 Å². The highest BCUT2D eigenvalue weighted by molar-refractivity contribution is 6.31. The molecule has 2 aromatic rings. The minimum absolute atomic E-state index is 0.0690. The highest BCUT2D eigenvalue weighted by Crippen LogP contribution is 2.35. The zero-order valence-corrected chi connectivity index (χ0v) is 8.75. The maximum Gasteiger partial charge on any atom is 0.417 e. The minimum atomic E-state index is -4.60. The molecule has 1 N–H and O–H groups in total. The SMILES string of the molecule is O=c1[nH]nnn1-c1ccc(Cl)c(C(F)(F)F)c1. The lowest BCUT2D eigenvalue weighted by atomic mass is 10.2. The number of aromatic amines is 1. The average molecular weight is 265 g/mol. The van der Waals surface area contributed by atoms with Crippen molar-refractivity contribution < 1.29 is 13.2 Å². The number of hydrogen-bond donors (Lipinski definition) is 1. The van der Waals surface area contributed by atoms with E-state index < -0.39 is 22.5 Å². The third kappa shape index (κ3) is 2.16. The van der Waals surface area contributed by atoms with Gasteiger partial charge in [-0.1, -0.05) is 11.6 Å². The van der Waals surface area contributed by atoms with Crippen molar-refractivity contribution in [3.05, 3.63) is 39.3 Å². The minimum Gasteiger partial charge on any atom is -0.244 e. The molecule has 1 heterocycles. The molecule has 0 aliphatic heterocycles. The van der Waals surface area contributed by atoms with Gasteiger partial charge in [-0.15, -0.1) is 0 Å². The largest absolute Gasteiger partial charge is 0.417 e. The molecular weight excluding hydrogens is 261 g/mol. The number of nitrogens with one attached hydrogen (secondary N) is 1. The Morgan fingerprint density at radius 2 is 2.06 bits per heavy atom. The molecule has 0 spiro atoms. The number of hydrogen-bond acceptors (Lipinski definition) is 3. The number of benzene rings is 1. The second kappa shape index (κ2) is 3.88. The molecule has 0 bridgehead atoms. The number of nitrogens with zero attached hydrogens (tertiary/aromatic N) is 3. The first-order valence-corrected chi connectivity index (χ1v) is 4.65. The third-order valence-electron chi connectivity index (χ3n) is 1.97. The molecule has 0 unspecified atom stereocenters. The van der Waals surface area contributed by atoms with Gasteiger partial charge in [0.2, 0.25) is 0 Å². The van der Waals surface area contributed by atoms with E-state index in [0.29, 0.717) is 4.68 Å². The topological polar surface area (TPSA) is 63.6 Å². The predicted molar refractivity (Wildman–Crippen MR) is 52.0 cm³/mol. The molecule has 0 fully saturated rings. The molecule has 17 heavy (non-hydrogen) atoms. The number of aromatic nitrogens is 4. The summed E-state index contributed by atoms with van der Waals surface area (Å²) in [7, 11) is 0. The Bertz CT molecular complexity index is 603. The first-order chi connectivity index (χ1) is 7.89. The van der Waals surface area contributed by atoms with Crippen LogP contribution >= 0.6 is 11.6 Å². The molecule has 2 rings (SSSR count). The number of alkyl halides is 3. The summed E-state index contributed by atoms with van der Waals surface area (Å²) < 4.78 is 38.4. The highest BCUT2D eigenvalue weighted by atomic mass is 35.5. The van der Waals surface area contributed by atoms with Crippen molar-refractivity contribution in [1.29, 1.82) is 0 Å². The van der Waals surface area contributed by atoms with Gasteiger partial charge in [-0.25, -0.2) is 9.89 Å². The first kappa shape index (κ1) is 11.6. The Morgan fingerprint density at radius 3 is 2.59 bits per heavy atom. The standard InChI is InChI=1S/C8H4ClF3N4O/c9-6-2-1-4(3-5(6)8(10,11)12)16-7(17)13-14-15-16/h1-3H,(H,13,15,17). The van der Waals surface area contributed by atoms with E-state index in [-0.39, 0.29) is 5.69 Å². The van der Waals surface area contributed by atoms with E-state index in [1.807, 2.05) is 5.10 Å². The first-order valence-electron chi connectivity index (χ1n) is 4.27. The lowest BCUT2D eigenvalue weighted by molar-refractivity contribution is -0.137. The van der Waals surface area contributed by atoms with Gasteiger partial charge in [0.25, 0.3) is 0 Å². The Kier molecular flexibility index (Phi) is 2.66. The molecule has 0 saturated heterocycles. The monoisotopic (exact) mass is 264 g/mol. The molecule has 0 aliphatic carbocycles. The normalized spacial score (nSPS) is 11.8. The van der Waals surface area contributed by atoms with Crippen LogP contribution in [0, 0.1) is 0 Å². The van der Waals surface area contributed by atoms with Crippen LogP contribution in [0.1, 0.15) is 5.56 Å². The molecule has 1 aromatic heterocycles. The summed E-state index contributed by atoms with van der Waals surface area (Å²) in [4.78, 5) is 11.1. The summed E-state index contributed by atoms with van der Waals surface area (Å²) in [6.07, 6.45) is -4.60. The van der Waals surface area contributed by atoms with E-state index in [9.17, 15) is 18.0 Å². The van der Waals surface area contributed by atoms with Crippen LogP contribution in [0.4, 0.5) is 13.2 Å². The Hall–Kier alpha value is -1.83. The fourth-order valence-electron chi connectivity index (χ4n) is 1.23. The molecule has 1 aromatic carbocycles. The summed E-state index contributed by atoms with van der Waals surface area (Å²) in [6, 6.07) is 3.01. The molecule has 0 atom stereocenters. The van der Waals surface area contributed by atoms with Crippen LogP contribution in [0.2, 0.25) is 5.02 Å². The van der Waals surface area contributed by atoms with Gasteiger partial charge in [0.05, 0.1) is 16.3 Å². The molecule has 9 heteroatoms. The average Bonchev–Trinajstić information content (AvgIpc) is 2.63. The smallest absolute Gasteiger partial charge is 0.244 e. The lowest BCUT2D eigenvalue weighted by Gasteiger charge is -2.09. The van der Waals surface area contributed by atoms with E-state index in [1.165, 1.54) is 6.07 Å². The summed E-state index contributed by atoms with van der Waals surface area (Å²) >= 11 is 5.43. The van der Waals surface area contributed by atoms with Crippen LogP contribution in [-0.4, -0.2) is 20.2 Å². The Labute approximate surface area is 96.8 Å². The van der Waals surface area contributed by atoms with E-state index in [1.54, 1.807) is 0 Å². The van der Waals surface area contributed by atoms with Gasteiger partial charge in [-0.2, -0.15) is 17.9 Å². The fourth-order valence-corrected chi connectivity index (χ4v) is 1.45. The Morgan fingerprint density at radius 1 is 1.35 bits per heavy atom. The second-order valence-electron chi connectivity index (χ2n) is 3.08. The van der Waals surface area contributed by atoms with E-state index >= 15 is 0 Å². The predicted octanol–water partition coefficient (Wildman–Crippen LogP) is 1.63. The van der Waals surface area contributed by atoms with Gasteiger partial charge < -0.3 is 0 Å². The molecule has 0 saturated carbocycles.